The summed E-state index contributed by atoms with van der Waals surface area (Å²) < 4.78 is 1.94. The zero-order valence-corrected chi connectivity index (χ0v) is 10.9. The van der Waals surface area contributed by atoms with Crippen molar-refractivity contribution >= 4 is 34.2 Å². The van der Waals surface area contributed by atoms with Crippen molar-refractivity contribution in [3.05, 3.63) is 29.0 Å². The number of fused-ring (bicyclic) bond motifs is 1. The molecule has 0 aliphatic rings. The highest BCUT2D eigenvalue weighted by atomic mass is 35.5. The van der Waals surface area contributed by atoms with Crippen molar-refractivity contribution in [3.8, 4) is 0 Å². The molecule has 1 aromatic heterocycles. The number of aromatic nitrogens is 2. The van der Waals surface area contributed by atoms with Crippen LogP contribution >= 0.6 is 23.2 Å². The van der Waals surface area contributed by atoms with Crippen molar-refractivity contribution in [1.29, 1.82) is 0 Å². The van der Waals surface area contributed by atoms with Crippen molar-refractivity contribution in [2.75, 3.05) is 19.1 Å². The Kier molecular flexibility index (Phi) is 3.00. The molecule has 1 aromatic carbocycles. The van der Waals surface area contributed by atoms with Crippen LogP contribution in [-0.4, -0.2) is 23.8 Å². The molecule has 2 aromatic rings. The van der Waals surface area contributed by atoms with Gasteiger partial charge >= 0.3 is 0 Å². The fraction of sp³-hybridized carbons (Fsp3) is 0.364. The first-order valence-corrected chi connectivity index (χ1v) is 5.82. The van der Waals surface area contributed by atoms with Gasteiger partial charge in [-0.15, -0.1) is 11.6 Å². The van der Waals surface area contributed by atoms with E-state index in [9.17, 15) is 0 Å². The van der Waals surface area contributed by atoms with Crippen LogP contribution in [0.4, 0.5) is 0 Å². The largest absolute Gasteiger partial charge is 0.317 e. The topological polar surface area (TPSA) is 21.1 Å². The predicted octanol–water partition coefficient (Wildman–Crippen LogP) is 3.19. The summed E-state index contributed by atoms with van der Waals surface area (Å²) in [6, 6.07) is 5.68. The summed E-state index contributed by atoms with van der Waals surface area (Å²) in [5.41, 5.74) is 1.76. The Morgan fingerprint density at radius 3 is 2.62 bits per heavy atom. The first-order chi connectivity index (χ1) is 7.52. The summed E-state index contributed by atoms with van der Waals surface area (Å²) in [5.74, 6) is 0.801. The Hall–Kier alpha value is -0.930. The SMILES string of the molecule is CC(Cl)c1nc2cccc(Cl)c2n1N(C)C. The molecule has 0 saturated heterocycles. The third-order valence-electron chi connectivity index (χ3n) is 2.39. The molecule has 5 heteroatoms. The number of imidazole rings is 1. The van der Waals surface area contributed by atoms with Crippen LogP contribution in [0, 0.1) is 0 Å². The highest BCUT2D eigenvalue weighted by Crippen LogP contribution is 2.28. The van der Waals surface area contributed by atoms with E-state index in [2.05, 4.69) is 4.98 Å². The highest BCUT2D eigenvalue weighted by Gasteiger charge is 2.17. The van der Waals surface area contributed by atoms with Gasteiger partial charge in [0.05, 0.1) is 15.9 Å². The van der Waals surface area contributed by atoms with Crippen LogP contribution in [0.25, 0.3) is 11.0 Å². The van der Waals surface area contributed by atoms with Gasteiger partial charge in [0.15, 0.2) is 0 Å². The van der Waals surface area contributed by atoms with Gasteiger partial charge in [0.25, 0.3) is 0 Å². The molecular weight excluding hydrogens is 245 g/mol. The van der Waals surface area contributed by atoms with Crippen LogP contribution in [0.1, 0.15) is 18.1 Å². The van der Waals surface area contributed by atoms with Gasteiger partial charge in [-0.1, -0.05) is 17.7 Å². The number of para-hydroxylation sites is 1. The van der Waals surface area contributed by atoms with Crippen molar-refractivity contribution in [2.24, 2.45) is 0 Å². The summed E-state index contributed by atoms with van der Waals surface area (Å²) >= 11 is 12.3. The Labute approximate surface area is 105 Å². The summed E-state index contributed by atoms with van der Waals surface area (Å²) in [4.78, 5) is 4.50. The van der Waals surface area contributed by atoms with Crippen molar-refractivity contribution in [3.63, 3.8) is 0 Å². The molecule has 1 atom stereocenters. The maximum Gasteiger partial charge on any atom is 0.146 e. The Balaban J connectivity index is 2.83. The van der Waals surface area contributed by atoms with Crippen molar-refractivity contribution < 1.29 is 0 Å². The van der Waals surface area contributed by atoms with E-state index in [1.807, 2.05) is 48.9 Å². The monoisotopic (exact) mass is 257 g/mol. The van der Waals surface area contributed by atoms with E-state index in [1.165, 1.54) is 0 Å². The zero-order chi connectivity index (χ0) is 11.9. The lowest BCUT2D eigenvalue weighted by Crippen LogP contribution is -2.27. The summed E-state index contributed by atoms with van der Waals surface area (Å²) in [6.07, 6.45) is 0. The van der Waals surface area contributed by atoms with Crippen LogP contribution in [0.15, 0.2) is 18.2 Å². The Bertz CT molecular complexity index is 517. The number of halogens is 2. The number of hydrogen-bond donors (Lipinski definition) is 0. The maximum absolute atomic E-state index is 6.19. The number of rotatable bonds is 2. The molecule has 0 bridgehead atoms. The fourth-order valence-corrected chi connectivity index (χ4v) is 2.14. The van der Waals surface area contributed by atoms with E-state index in [1.54, 1.807) is 0 Å². The van der Waals surface area contributed by atoms with Crippen LogP contribution in [0.5, 0.6) is 0 Å². The van der Waals surface area contributed by atoms with E-state index >= 15 is 0 Å². The second-order valence-electron chi connectivity index (χ2n) is 3.85. The van der Waals surface area contributed by atoms with Gasteiger partial charge in [0.2, 0.25) is 0 Å². The first-order valence-electron chi connectivity index (χ1n) is 5.01. The van der Waals surface area contributed by atoms with Crippen LogP contribution in [0.3, 0.4) is 0 Å². The van der Waals surface area contributed by atoms with Gasteiger partial charge in [-0.3, -0.25) is 0 Å². The summed E-state index contributed by atoms with van der Waals surface area (Å²) in [7, 11) is 3.88. The highest BCUT2D eigenvalue weighted by molar-refractivity contribution is 6.35. The number of nitrogens with zero attached hydrogens (tertiary/aromatic N) is 3. The van der Waals surface area contributed by atoms with E-state index in [4.69, 9.17) is 23.2 Å². The molecule has 0 radical (unpaired) electrons. The molecule has 1 unspecified atom stereocenters. The zero-order valence-electron chi connectivity index (χ0n) is 9.41. The lowest BCUT2D eigenvalue weighted by molar-refractivity contribution is 0.694. The van der Waals surface area contributed by atoms with Crippen LogP contribution in [0.2, 0.25) is 5.02 Å². The molecule has 0 fully saturated rings. The smallest absolute Gasteiger partial charge is 0.146 e. The quantitative estimate of drug-likeness (QED) is 0.771. The number of benzene rings is 1. The van der Waals surface area contributed by atoms with Gasteiger partial charge in [-0.2, -0.15) is 0 Å². The van der Waals surface area contributed by atoms with Crippen molar-refractivity contribution in [1.82, 2.24) is 9.66 Å². The van der Waals surface area contributed by atoms with Crippen LogP contribution in [-0.2, 0) is 0 Å². The summed E-state index contributed by atoms with van der Waals surface area (Å²) in [5, 5.41) is 2.45. The molecule has 0 amide bonds. The van der Waals surface area contributed by atoms with Crippen molar-refractivity contribution in [2.45, 2.75) is 12.3 Å². The lowest BCUT2D eigenvalue weighted by atomic mass is 10.3. The van der Waals surface area contributed by atoms with E-state index in [0.717, 1.165) is 16.9 Å². The standard InChI is InChI=1S/C11H13Cl2N3/c1-7(12)11-14-9-6-4-5-8(13)10(9)16(11)15(2)3/h4-7H,1-3H3. The van der Waals surface area contributed by atoms with Crippen LogP contribution < -0.4 is 5.01 Å². The molecule has 0 aliphatic heterocycles. The average molecular weight is 258 g/mol. The average Bonchev–Trinajstić information content (AvgIpc) is 2.58. The minimum Gasteiger partial charge on any atom is -0.317 e. The molecule has 0 saturated carbocycles. The minimum atomic E-state index is -0.161. The predicted molar refractivity (Wildman–Crippen MR) is 69.1 cm³/mol. The van der Waals surface area contributed by atoms with Gasteiger partial charge in [-0.05, 0) is 19.1 Å². The second-order valence-corrected chi connectivity index (χ2v) is 4.91. The van der Waals surface area contributed by atoms with E-state index in [-0.39, 0.29) is 5.38 Å². The second kappa shape index (κ2) is 4.15. The molecule has 3 nitrogen and oxygen atoms in total. The van der Waals surface area contributed by atoms with Gasteiger partial charge in [-0.25, -0.2) is 9.66 Å². The number of hydrogen-bond acceptors (Lipinski definition) is 2. The lowest BCUT2D eigenvalue weighted by Gasteiger charge is -2.19. The molecule has 2 rings (SSSR count). The molecule has 0 aliphatic carbocycles. The minimum absolute atomic E-state index is 0.161. The number of alkyl halides is 1. The Morgan fingerprint density at radius 2 is 2.06 bits per heavy atom. The van der Waals surface area contributed by atoms with Gasteiger partial charge < -0.3 is 5.01 Å². The van der Waals surface area contributed by atoms with Gasteiger partial charge in [0.1, 0.15) is 11.3 Å². The molecular formula is C11H13Cl2N3. The third-order valence-corrected chi connectivity index (χ3v) is 2.89. The van der Waals surface area contributed by atoms with E-state index < -0.39 is 0 Å². The fourth-order valence-electron chi connectivity index (χ4n) is 1.75. The maximum atomic E-state index is 6.19. The molecule has 0 spiro atoms. The first kappa shape index (κ1) is 11.6. The van der Waals surface area contributed by atoms with E-state index in [0.29, 0.717) is 5.02 Å². The summed E-state index contributed by atoms with van der Waals surface area (Å²) in [6.45, 7) is 1.90. The molecule has 16 heavy (non-hydrogen) atoms. The third kappa shape index (κ3) is 1.74. The Morgan fingerprint density at radius 1 is 1.38 bits per heavy atom. The molecule has 1 heterocycles. The molecule has 0 N–H and O–H groups in total. The van der Waals surface area contributed by atoms with Gasteiger partial charge in [0, 0.05) is 14.1 Å². The molecule has 86 valence electrons. The normalized spacial score (nSPS) is 13.1.